The van der Waals surface area contributed by atoms with Gasteiger partial charge in [0, 0.05) is 5.56 Å². The number of alkyl halides is 2. The van der Waals surface area contributed by atoms with Crippen LogP contribution in [0.5, 0.6) is 0 Å². The number of aryl methyl sites for hydroxylation is 1. The van der Waals surface area contributed by atoms with Gasteiger partial charge in [-0.25, -0.2) is 8.78 Å². The Kier molecular flexibility index (Phi) is 2.93. The molecule has 0 spiro atoms. The molecule has 3 heteroatoms. The van der Waals surface area contributed by atoms with Crippen molar-refractivity contribution >= 4 is 5.78 Å². The SMILES string of the molecule is Cc1cccc(C2C(C(=O)c3ccccc3)C2(F)F)c1. The van der Waals surface area contributed by atoms with Gasteiger partial charge in [-0.2, -0.15) is 0 Å². The molecular formula is C17H14F2O. The molecule has 3 rings (SSSR count). The second-order valence-electron chi connectivity index (χ2n) is 5.27. The maximum atomic E-state index is 14.0. The summed E-state index contributed by atoms with van der Waals surface area (Å²) in [6.07, 6.45) is 0. The van der Waals surface area contributed by atoms with Crippen LogP contribution in [0.2, 0.25) is 0 Å². The first kappa shape index (κ1) is 13.0. The summed E-state index contributed by atoms with van der Waals surface area (Å²) in [6.45, 7) is 1.86. The highest BCUT2D eigenvalue weighted by Crippen LogP contribution is 2.62. The van der Waals surface area contributed by atoms with Gasteiger partial charge in [0.25, 0.3) is 5.92 Å². The highest BCUT2D eigenvalue weighted by atomic mass is 19.3. The maximum absolute atomic E-state index is 14.0. The first-order valence-electron chi connectivity index (χ1n) is 6.55. The molecule has 2 unspecified atom stereocenters. The number of ketones is 1. The molecule has 2 atom stereocenters. The molecule has 102 valence electrons. The van der Waals surface area contributed by atoms with Gasteiger partial charge in [0.1, 0.15) is 0 Å². The van der Waals surface area contributed by atoms with E-state index < -0.39 is 23.5 Å². The van der Waals surface area contributed by atoms with Crippen molar-refractivity contribution in [1.29, 1.82) is 0 Å². The quantitative estimate of drug-likeness (QED) is 0.764. The van der Waals surface area contributed by atoms with Crippen molar-refractivity contribution in [3.63, 3.8) is 0 Å². The lowest BCUT2D eigenvalue weighted by Crippen LogP contribution is -2.07. The number of hydrogen-bond donors (Lipinski definition) is 0. The van der Waals surface area contributed by atoms with Gasteiger partial charge in [0.2, 0.25) is 0 Å². The van der Waals surface area contributed by atoms with Crippen molar-refractivity contribution in [1.82, 2.24) is 0 Å². The molecule has 2 aromatic carbocycles. The Morgan fingerprint density at radius 1 is 1.05 bits per heavy atom. The fraction of sp³-hybridized carbons (Fsp3) is 0.235. The minimum Gasteiger partial charge on any atom is -0.294 e. The first-order chi connectivity index (χ1) is 9.51. The van der Waals surface area contributed by atoms with E-state index in [0.717, 1.165) is 5.56 Å². The molecule has 1 saturated carbocycles. The molecule has 0 saturated heterocycles. The fourth-order valence-corrected chi connectivity index (χ4v) is 2.71. The van der Waals surface area contributed by atoms with Crippen molar-refractivity contribution < 1.29 is 13.6 Å². The van der Waals surface area contributed by atoms with E-state index in [2.05, 4.69) is 0 Å². The van der Waals surface area contributed by atoms with Gasteiger partial charge in [-0.1, -0.05) is 60.2 Å². The Labute approximate surface area is 116 Å². The van der Waals surface area contributed by atoms with E-state index in [-0.39, 0.29) is 0 Å². The minimum absolute atomic E-state index is 0.354. The van der Waals surface area contributed by atoms with Crippen molar-refractivity contribution in [2.75, 3.05) is 0 Å². The van der Waals surface area contributed by atoms with Crippen LogP contribution in [0.15, 0.2) is 54.6 Å². The van der Waals surface area contributed by atoms with Crippen LogP contribution in [0.4, 0.5) is 8.78 Å². The summed E-state index contributed by atoms with van der Waals surface area (Å²) in [4.78, 5) is 12.2. The number of carbonyl (C=O) groups is 1. The molecule has 20 heavy (non-hydrogen) atoms. The Hall–Kier alpha value is -2.03. The van der Waals surface area contributed by atoms with Crippen LogP contribution >= 0.6 is 0 Å². The predicted molar refractivity (Wildman–Crippen MR) is 73.1 cm³/mol. The van der Waals surface area contributed by atoms with E-state index in [0.29, 0.717) is 11.1 Å². The average molecular weight is 272 g/mol. The third-order valence-corrected chi connectivity index (χ3v) is 3.80. The zero-order chi connectivity index (χ0) is 14.3. The zero-order valence-electron chi connectivity index (χ0n) is 11.0. The topological polar surface area (TPSA) is 17.1 Å². The van der Waals surface area contributed by atoms with Crippen LogP contribution in [-0.4, -0.2) is 11.7 Å². The summed E-state index contributed by atoms with van der Waals surface area (Å²) in [6, 6.07) is 15.3. The number of Topliss-reactive ketones (excluding diaryl/α,β-unsaturated/α-hetero) is 1. The molecule has 0 aliphatic heterocycles. The molecule has 1 fully saturated rings. The van der Waals surface area contributed by atoms with Crippen LogP contribution in [0.3, 0.4) is 0 Å². The number of rotatable bonds is 3. The monoisotopic (exact) mass is 272 g/mol. The standard InChI is InChI=1S/C17H14F2O/c1-11-6-5-9-13(10-11)14-15(17(14,18)19)16(20)12-7-3-2-4-8-12/h2-10,14-15H,1H3. The zero-order valence-corrected chi connectivity index (χ0v) is 11.0. The number of carbonyl (C=O) groups excluding carboxylic acids is 1. The maximum Gasteiger partial charge on any atom is 0.266 e. The average Bonchev–Trinajstić information content (AvgIpc) is 3.01. The normalized spacial score (nSPS) is 23.4. The van der Waals surface area contributed by atoms with E-state index in [4.69, 9.17) is 0 Å². The summed E-state index contributed by atoms with van der Waals surface area (Å²) < 4.78 is 28.0. The van der Waals surface area contributed by atoms with Crippen molar-refractivity contribution in [2.45, 2.75) is 18.8 Å². The molecular weight excluding hydrogens is 258 g/mol. The van der Waals surface area contributed by atoms with Gasteiger partial charge in [-0.15, -0.1) is 0 Å². The van der Waals surface area contributed by atoms with E-state index >= 15 is 0 Å². The molecule has 0 heterocycles. The van der Waals surface area contributed by atoms with Crippen molar-refractivity contribution in [3.8, 4) is 0 Å². The highest BCUT2D eigenvalue weighted by molar-refractivity contribution is 6.01. The van der Waals surface area contributed by atoms with Gasteiger partial charge >= 0.3 is 0 Å². The molecule has 0 amide bonds. The Morgan fingerprint density at radius 3 is 2.40 bits per heavy atom. The summed E-state index contributed by atoms with van der Waals surface area (Å²) in [7, 11) is 0. The van der Waals surface area contributed by atoms with E-state index in [1.807, 2.05) is 13.0 Å². The molecule has 0 aromatic heterocycles. The lowest BCUT2D eigenvalue weighted by Gasteiger charge is -2.00. The van der Waals surface area contributed by atoms with Crippen LogP contribution in [0, 0.1) is 12.8 Å². The summed E-state index contributed by atoms with van der Waals surface area (Å²) >= 11 is 0. The second-order valence-corrected chi connectivity index (χ2v) is 5.27. The Balaban J connectivity index is 1.91. The fourth-order valence-electron chi connectivity index (χ4n) is 2.71. The smallest absolute Gasteiger partial charge is 0.266 e. The second kappa shape index (κ2) is 4.51. The molecule has 0 bridgehead atoms. The molecule has 1 nitrogen and oxygen atoms in total. The third kappa shape index (κ3) is 2.03. The van der Waals surface area contributed by atoms with Crippen molar-refractivity contribution in [3.05, 3.63) is 71.3 Å². The molecule has 0 radical (unpaired) electrons. The van der Waals surface area contributed by atoms with Gasteiger partial charge in [0.05, 0.1) is 11.8 Å². The van der Waals surface area contributed by atoms with Gasteiger partial charge < -0.3 is 0 Å². The Morgan fingerprint density at radius 2 is 1.75 bits per heavy atom. The van der Waals surface area contributed by atoms with Crippen LogP contribution in [0.25, 0.3) is 0 Å². The van der Waals surface area contributed by atoms with E-state index in [1.54, 1.807) is 48.5 Å². The largest absolute Gasteiger partial charge is 0.294 e. The number of hydrogen-bond acceptors (Lipinski definition) is 1. The molecule has 1 aliphatic carbocycles. The summed E-state index contributed by atoms with van der Waals surface area (Å²) in [5, 5.41) is 0. The lowest BCUT2D eigenvalue weighted by atomic mass is 10.0. The molecule has 1 aliphatic rings. The minimum atomic E-state index is -2.94. The van der Waals surface area contributed by atoms with Gasteiger partial charge in [-0.3, -0.25) is 4.79 Å². The van der Waals surface area contributed by atoms with Crippen molar-refractivity contribution in [2.24, 2.45) is 5.92 Å². The van der Waals surface area contributed by atoms with Crippen LogP contribution in [-0.2, 0) is 0 Å². The highest BCUT2D eigenvalue weighted by Gasteiger charge is 2.71. The number of halogens is 2. The molecule has 2 aromatic rings. The number of benzene rings is 2. The van der Waals surface area contributed by atoms with Crippen LogP contribution < -0.4 is 0 Å². The van der Waals surface area contributed by atoms with Gasteiger partial charge in [-0.05, 0) is 12.5 Å². The third-order valence-electron chi connectivity index (χ3n) is 3.80. The van der Waals surface area contributed by atoms with Crippen LogP contribution in [0.1, 0.15) is 27.4 Å². The lowest BCUT2D eigenvalue weighted by molar-refractivity contribution is 0.0742. The predicted octanol–water partition coefficient (Wildman–Crippen LogP) is 4.23. The summed E-state index contributed by atoms with van der Waals surface area (Å²) in [5.74, 6) is -5.63. The van der Waals surface area contributed by atoms with E-state index in [1.165, 1.54) is 0 Å². The molecule has 0 N–H and O–H groups in total. The first-order valence-corrected chi connectivity index (χ1v) is 6.55. The summed E-state index contributed by atoms with van der Waals surface area (Å²) in [5.41, 5.74) is 1.83. The Bertz CT molecular complexity index is 649. The van der Waals surface area contributed by atoms with Gasteiger partial charge in [0.15, 0.2) is 5.78 Å². The van der Waals surface area contributed by atoms with E-state index in [9.17, 15) is 13.6 Å².